The van der Waals surface area contributed by atoms with Crippen LogP contribution in [0.3, 0.4) is 0 Å². The summed E-state index contributed by atoms with van der Waals surface area (Å²) < 4.78 is 28.2. The monoisotopic (exact) mass is 330 g/mol. The van der Waals surface area contributed by atoms with Gasteiger partial charge in [-0.1, -0.05) is 45.4 Å². The first-order chi connectivity index (χ1) is 9.42. The molecule has 1 aliphatic carbocycles. The lowest BCUT2D eigenvalue weighted by Gasteiger charge is -2.62. The van der Waals surface area contributed by atoms with Crippen LogP contribution in [0.5, 0.6) is 0 Å². The number of rotatable bonds is 3. The molecule has 4 nitrogen and oxygen atoms in total. The van der Waals surface area contributed by atoms with E-state index in [1.807, 2.05) is 27.7 Å². The maximum absolute atomic E-state index is 12.7. The minimum absolute atomic E-state index is 0.0573. The molecular weight excluding hydrogens is 308 g/mol. The van der Waals surface area contributed by atoms with Crippen LogP contribution in [0.15, 0.2) is 23.1 Å². The first-order valence-electron chi connectivity index (χ1n) is 6.95. The van der Waals surface area contributed by atoms with Gasteiger partial charge < -0.3 is 5.73 Å². The van der Waals surface area contributed by atoms with E-state index >= 15 is 0 Å². The fourth-order valence-electron chi connectivity index (χ4n) is 3.58. The van der Waals surface area contributed by atoms with Crippen LogP contribution in [0, 0.1) is 17.8 Å². The molecule has 0 radical (unpaired) electrons. The van der Waals surface area contributed by atoms with Crippen LogP contribution >= 0.6 is 11.6 Å². The molecule has 1 aromatic rings. The van der Waals surface area contributed by atoms with Crippen LogP contribution in [0.4, 0.5) is 0 Å². The molecule has 0 aromatic heterocycles. The maximum atomic E-state index is 12.7. The molecule has 0 amide bonds. The third-order valence-corrected chi connectivity index (χ3v) is 6.85. The van der Waals surface area contributed by atoms with E-state index in [0.717, 1.165) is 0 Å². The highest BCUT2D eigenvalue weighted by molar-refractivity contribution is 7.89. The maximum Gasteiger partial charge on any atom is 0.241 e. The third kappa shape index (κ3) is 2.50. The number of sulfonamides is 1. The van der Waals surface area contributed by atoms with Crippen molar-refractivity contribution in [2.24, 2.45) is 16.6 Å². The summed E-state index contributed by atoms with van der Waals surface area (Å²) >= 11 is 6.03. The van der Waals surface area contributed by atoms with Crippen molar-refractivity contribution >= 4 is 21.6 Å². The highest BCUT2D eigenvalue weighted by atomic mass is 35.5. The molecule has 0 bridgehead atoms. The van der Waals surface area contributed by atoms with Crippen molar-refractivity contribution in [1.82, 2.24) is 4.72 Å². The van der Waals surface area contributed by atoms with Crippen molar-refractivity contribution in [1.29, 1.82) is 0 Å². The van der Waals surface area contributed by atoms with Crippen molar-refractivity contribution in [2.45, 2.75) is 51.6 Å². The molecule has 0 heterocycles. The summed E-state index contributed by atoms with van der Waals surface area (Å²) in [5.74, 6) is 0. The normalized spacial score (nSPS) is 27.2. The van der Waals surface area contributed by atoms with Crippen molar-refractivity contribution < 1.29 is 8.42 Å². The van der Waals surface area contributed by atoms with Crippen molar-refractivity contribution in [3.63, 3.8) is 0 Å². The molecule has 1 saturated carbocycles. The van der Waals surface area contributed by atoms with Gasteiger partial charge in [0.1, 0.15) is 0 Å². The Bertz CT molecular complexity index is 652. The number of hydrogen-bond donors (Lipinski definition) is 2. The highest BCUT2D eigenvalue weighted by Gasteiger charge is 2.61. The van der Waals surface area contributed by atoms with E-state index in [0.29, 0.717) is 10.6 Å². The fourth-order valence-corrected chi connectivity index (χ4v) is 5.63. The van der Waals surface area contributed by atoms with Crippen LogP contribution in [-0.2, 0) is 10.0 Å². The standard InChI is InChI=1S/C15H23ClN2O2S/c1-9-10(16)7-6-8-11(9)21(19,20)18-13-14(2,3)12(17)15(13,4)5/h6-8,12-13,18H,17H2,1-5H3. The molecule has 1 aliphatic rings. The molecule has 2 rings (SSSR count). The second kappa shape index (κ2) is 4.95. The summed E-state index contributed by atoms with van der Waals surface area (Å²) in [5.41, 5.74) is 6.16. The number of benzene rings is 1. The van der Waals surface area contributed by atoms with Gasteiger partial charge in [0.05, 0.1) is 4.90 Å². The predicted octanol–water partition coefficient (Wildman–Crippen LogP) is 2.69. The van der Waals surface area contributed by atoms with E-state index in [4.69, 9.17) is 17.3 Å². The Hall–Kier alpha value is -0.620. The van der Waals surface area contributed by atoms with Gasteiger partial charge in [-0.25, -0.2) is 13.1 Å². The van der Waals surface area contributed by atoms with Gasteiger partial charge in [-0.15, -0.1) is 0 Å². The summed E-state index contributed by atoms with van der Waals surface area (Å²) in [6.45, 7) is 9.66. The molecule has 1 fully saturated rings. The lowest BCUT2D eigenvalue weighted by molar-refractivity contribution is -0.0593. The van der Waals surface area contributed by atoms with E-state index in [2.05, 4.69) is 4.72 Å². The SMILES string of the molecule is Cc1c(Cl)cccc1S(=O)(=O)NC1C(C)(C)C(N)C1(C)C. The molecule has 3 N–H and O–H groups in total. The molecule has 21 heavy (non-hydrogen) atoms. The number of halogens is 1. The van der Waals surface area contributed by atoms with Gasteiger partial charge in [-0.05, 0) is 35.4 Å². The topological polar surface area (TPSA) is 72.2 Å². The zero-order chi connectivity index (χ0) is 16.2. The lowest BCUT2D eigenvalue weighted by atomic mass is 9.49. The number of nitrogens with one attached hydrogen (secondary N) is 1. The van der Waals surface area contributed by atoms with Crippen molar-refractivity contribution in [3.05, 3.63) is 28.8 Å². The summed E-state index contributed by atoms with van der Waals surface area (Å²) in [4.78, 5) is 0.224. The summed E-state index contributed by atoms with van der Waals surface area (Å²) in [6, 6.07) is 4.62. The second-order valence-electron chi connectivity index (χ2n) is 7.04. The van der Waals surface area contributed by atoms with Crippen LogP contribution in [0.2, 0.25) is 5.02 Å². The molecular formula is C15H23ClN2O2S. The smallest absolute Gasteiger partial charge is 0.241 e. The Morgan fingerprint density at radius 1 is 1.19 bits per heavy atom. The van der Waals surface area contributed by atoms with E-state index in [-0.39, 0.29) is 27.8 Å². The van der Waals surface area contributed by atoms with Crippen LogP contribution < -0.4 is 10.5 Å². The van der Waals surface area contributed by atoms with E-state index < -0.39 is 10.0 Å². The summed E-state index contributed by atoms with van der Waals surface area (Å²) in [5, 5.41) is 0.446. The average Bonchev–Trinajstić information content (AvgIpc) is 2.38. The predicted molar refractivity (Wildman–Crippen MR) is 85.8 cm³/mol. The Kier molecular flexibility index (Phi) is 3.94. The third-order valence-electron chi connectivity index (χ3n) is 4.87. The molecule has 6 heteroatoms. The molecule has 0 atom stereocenters. The van der Waals surface area contributed by atoms with Crippen molar-refractivity contribution in [2.75, 3.05) is 0 Å². The van der Waals surface area contributed by atoms with Gasteiger partial charge in [-0.3, -0.25) is 0 Å². The van der Waals surface area contributed by atoms with Crippen LogP contribution in [0.25, 0.3) is 0 Å². The van der Waals surface area contributed by atoms with Crippen LogP contribution in [0.1, 0.15) is 33.3 Å². The minimum atomic E-state index is -3.63. The van der Waals surface area contributed by atoms with Crippen molar-refractivity contribution in [3.8, 4) is 0 Å². The lowest BCUT2D eigenvalue weighted by Crippen LogP contribution is -2.75. The molecule has 1 aromatic carbocycles. The first-order valence-corrected chi connectivity index (χ1v) is 8.81. The van der Waals surface area contributed by atoms with Gasteiger partial charge in [-0.2, -0.15) is 0 Å². The quantitative estimate of drug-likeness (QED) is 0.895. The van der Waals surface area contributed by atoms with E-state index in [9.17, 15) is 8.42 Å². The van der Waals surface area contributed by atoms with Gasteiger partial charge in [0, 0.05) is 17.1 Å². The van der Waals surface area contributed by atoms with E-state index in [1.54, 1.807) is 25.1 Å². The zero-order valence-corrected chi connectivity index (χ0v) is 14.6. The Morgan fingerprint density at radius 2 is 1.71 bits per heavy atom. The Morgan fingerprint density at radius 3 is 2.24 bits per heavy atom. The molecule has 0 spiro atoms. The Labute approximate surface area is 132 Å². The minimum Gasteiger partial charge on any atom is -0.327 e. The van der Waals surface area contributed by atoms with Gasteiger partial charge in [0.15, 0.2) is 0 Å². The highest BCUT2D eigenvalue weighted by Crippen LogP contribution is 2.53. The summed E-state index contributed by atoms with van der Waals surface area (Å²) in [7, 11) is -3.63. The second-order valence-corrected chi connectivity index (χ2v) is 9.13. The molecule has 0 aliphatic heterocycles. The first kappa shape index (κ1) is 16.7. The van der Waals surface area contributed by atoms with E-state index in [1.165, 1.54) is 0 Å². The van der Waals surface area contributed by atoms with Gasteiger partial charge in [0.25, 0.3) is 0 Å². The molecule has 0 unspecified atom stereocenters. The number of nitrogens with two attached hydrogens (primary N) is 1. The largest absolute Gasteiger partial charge is 0.327 e. The zero-order valence-electron chi connectivity index (χ0n) is 13.1. The summed E-state index contributed by atoms with van der Waals surface area (Å²) in [6.07, 6.45) is 0. The van der Waals surface area contributed by atoms with Gasteiger partial charge in [0.2, 0.25) is 10.0 Å². The Balaban J connectivity index is 2.37. The average molecular weight is 331 g/mol. The fraction of sp³-hybridized carbons (Fsp3) is 0.600. The molecule has 0 saturated heterocycles. The van der Waals surface area contributed by atoms with Crippen LogP contribution in [-0.4, -0.2) is 20.5 Å². The molecule has 118 valence electrons. The number of hydrogen-bond acceptors (Lipinski definition) is 3. The van der Waals surface area contributed by atoms with Gasteiger partial charge >= 0.3 is 0 Å².